The highest BCUT2D eigenvalue weighted by Gasteiger charge is 2.17. The monoisotopic (exact) mass is 371 g/mol. The van der Waals surface area contributed by atoms with Gasteiger partial charge in [-0.05, 0) is 40.2 Å². The summed E-state index contributed by atoms with van der Waals surface area (Å²) in [6.45, 7) is 0.186. The molecule has 0 saturated carbocycles. The standard InChI is InChI=1S/C13H14BrN3O3S/c1-20-13-3-2-10(6-9(13)7-15)21(18,19)17-12-4-5-16-8-11(12)14/h2-6,8H,7,15H2,1H3,(H,16,17). The number of nitrogens with two attached hydrogens (primary N) is 1. The van der Waals surface area contributed by atoms with Crippen molar-refractivity contribution in [2.75, 3.05) is 11.8 Å². The number of anilines is 1. The average molecular weight is 372 g/mol. The van der Waals surface area contributed by atoms with Crippen molar-refractivity contribution < 1.29 is 13.2 Å². The third kappa shape index (κ3) is 3.52. The maximum absolute atomic E-state index is 12.4. The van der Waals surface area contributed by atoms with E-state index in [1.54, 1.807) is 12.1 Å². The van der Waals surface area contributed by atoms with E-state index < -0.39 is 10.0 Å². The second kappa shape index (κ2) is 6.42. The first-order chi connectivity index (χ1) is 9.97. The molecule has 0 radical (unpaired) electrons. The molecule has 3 N–H and O–H groups in total. The first kappa shape index (κ1) is 15.7. The van der Waals surface area contributed by atoms with Crippen LogP contribution in [0.5, 0.6) is 5.75 Å². The van der Waals surface area contributed by atoms with Gasteiger partial charge in [-0.1, -0.05) is 0 Å². The Hall–Kier alpha value is -1.64. The van der Waals surface area contributed by atoms with Gasteiger partial charge in [0.1, 0.15) is 5.75 Å². The fraction of sp³-hybridized carbons (Fsp3) is 0.154. The van der Waals surface area contributed by atoms with Gasteiger partial charge in [0.2, 0.25) is 0 Å². The minimum Gasteiger partial charge on any atom is -0.496 e. The fourth-order valence-corrected chi connectivity index (χ4v) is 3.35. The summed E-state index contributed by atoms with van der Waals surface area (Å²) in [5, 5.41) is 0. The molecule has 0 aliphatic carbocycles. The van der Waals surface area contributed by atoms with E-state index in [9.17, 15) is 8.42 Å². The summed E-state index contributed by atoms with van der Waals surface area (Å²) >= 11 is 3.24. The molecule has 0 saturated heterocycles. The smallest absolute Gasteiger partial charge is 0.261 e. The number of benzene rings is 1. The van der Waals surface area contributed by atoms with Gasteiger partial charge in [0.25, 0.3) is 10.0 Å². The lowest BCUT2D eigenvalue weighted by Gasteiger charge is -2.12. The molecule has 0 atom stereocenters. The van der Waals surface area contributed by atoms with Gasteiger partial charge in [-0.3, -0.25) is 9.71 Å². The predicted octanol–water partition coefficient (Wildman–Crippen LogP) is 2.11. The molecular weight excluding hydrogens is 358 g/mol. The molecular formula is C13H14BrN3O3S. The van der Waals surface area contributed by atoms with Crippen LogP contribution in [0.25, 0.3) is 0 Å². The summed E-state index contributed by atoms with van der Waals surface area (Å²) in [5.41, 5.74) is 6.64. The van der Waals surface area contributed by atoms with Crippen LogP contribution in [0.15, 0.2) is 46.0 Å². The van der Waals surface area contributed by atoms with Crippen molar-refractivity contribution >= 4 is 31.6 Å². The molecule has 1 heterocycles. The number of aromatic nitrogens is 1. The lowest BCUT2D eigenvalue weighted by Crippen LogP contribution is -2.14. The minimum absolute atomic E-state index is 0.118. The lowest BCUT2D eigenvalue weighted by atomic mass is 10.2. The van der Waals surface area contributed by atoms with Crippen molar-refractivity contribution in [3.05, 3.63) is 46.7 Å². The largest absolute Gasteiger partial charge is 0.496 e. The number of rotatable bonds is 5. The van der Waals surface area contributed by atoms with Crippen LogP contribution < -0.4 is 15.2 Å². The average Bonchev–Trinajstić information content (AvgIpc) is 2.48. The molecule has 0 bridgehead atoms. The molecule has 1 aromatic heterocycles. The maximum atomic E-state index is 12.4. The van der Waals surface area contributed by atoms with Crippen LogP contribution in [0.4, 0.5) is 5.69 Å². The van der Waals surface area contributed by atoms with Gasteiger partial charge >= 0.3 is 0 Å². The number of nitrogens with one attached hydrogen (secondary N) is 1. The third-order valence-electron chi connectivity index (χ3n) is 2.80. The SMILES string of the molecule is COc1ccc(S(=O)(=O)Nc2ccncc2Br)cc1CN. The van der Waals surface area contributed by atoms with Gasteiger partial charge in [0, 0.05) is 24.5 Å². The fourth-order valence-electron chi connectivity index (χ4n) is 1.74. The summed E-state index contributed by atoms with van der Waals surface area (Å²) in [6, 6.07) is 6.11. The molecule has 0 spiro atoms. The second-order valence-corrected chi connectivity index (χ2v) is 6.68. The molecule has 21 heavy (non-hydrogen) atoms. The molecule has 112 valence electrons. The Morgan fingerprint density at radius 3 is 2.76 bits per heavy atom. The molecule has 0 unspecified atom stereocenters. The number of nitrogens with zero attached hydrogens (tertiary/aromatic N) is 1. The quantitative estimate of drug-likeness (QED) is 0.839. The highest BCUT2D eigenvalue weighted by Crippen LogP contribution is 2.26. The maximum Gasteiger partial charge on any atom is 0.261 e. The number of ether oxygens (including phenoxy) is 1. The van der Waals surface area contributed by atoms with Gasteiger partial charge in [0.15, 0.2) is 0 Å². The van der Waals surface area contributed by atoms with Gasteiger partial charge < -0.3 is 10.5 Å². The van der Waals surface area contributed by atoms with Crippen LogP contribution in [0, 0.1) is 0 Å². The number of pyridine rings is 1. The number of hydrogen-bond acceptors (Lipinski definition) is 5. The zero-order chi connectivity index (χ0) is 15.5. The minimum atomic E-state index is -3.71. The Balaban J connectivity index is 2.38. The first-order valence-electron chi connectivity index (χ1n) is 5.97. The van der Waals surface area contributed by atoms with Gasteiger partial charge in [-0.25, -0.2) is 8.42 Å². The topological polar surface area (TPSA) is 94.3 Å². The summed E-state index contributed by atoms with van der Waals surface area (Å²) in [4.78, 5) is 4.00. The first-order valence-corrected chi connectivity index (χ1v) is 8.25. The van der Waals surface area contributed by atoms with Crippen LogP contribution in [0.1, 0.15) is 5.56 Å². The second-order valence-electron chi connectivity index (χ2n) is 4.14. The Morgan fingerprint density at radius 1 is 1.38 bits per heavy atom. The molecule has 8 heteroatoms. The van der Waals surface area contributed by atoms with Crippen LogP contribution in [-0.4, -0.2) is 20.5 Å². The summed E-state index contributed by atoms with van der Waals surface area (Å²) in [7, 11) is -2.20. The molecule has 2 aromatic rings. The third-order valence-corrected chi connectivity index (χ3v) is 4.79. The molecule has 0 amide bonds. The van der Waals surface area contributed by atoms with Crippen LogP contribution in [0.3, 0.4) is 0 Å². The van der Waals surface area contributed by atoms with Crippen LogP contribution in [0.2, 0.25) is 0 Å². The predicted molar refractivity (Wildman–Crippen MR) is 83.6 cm³/mol. The van der Waals surface area contributed by atoms with Crippen molar-refractivity contribution in [2.45, 2.75) is 11.4 Å². The highest BCUT2D eigenvalue weighted by atomic mass is 79.9. The number of methoxy groups -OCH3 is 1. The van der Waals surface area contributed by atoms with E-state index in [1.165, 1.54) is 31.6 Å². The zero-order valence-electron chi connectivity index (χ0n) is 11.2. The van der Waals surface area contributed by atoms with E-state index in [0.717, 1.165) is 0 Å². The normalized spacial score (nSPS) is 11.2. The van der Waals surface area contributed by atoms with Gasteiger partial charge in [-0.15, -0.1) is 0 Å². The zero-order valence-corrected chi connectivity index (χ0v) is 13.6. The molecule has 0 fully saturated rings. The van der Waals surface area contributed by atoms with Crippen molar-refractivity contribution in [3.63, 3.8) is 0 Å². The van der Waals surface area contributed by atoms with Crippen molar-refractivity contribution in [1.29, 1.82) is 0 Å². The van der Waals surface area contributed by atoms with Crippen molar-refractivity contribution in [3.8, 4) is 5.75 Å². The number of halogens is 1. The Morgan fingerprint density at radius 2 is 2.14 bits per heavy atom. The summed E-state index contributed by atoms with van der Waals surface area (Å²) in [5.74, 6) is 0.557. The van der Waals surface area contributed by atoms with Crippen molar-refractivity contribution in [2.24, 2.45) is 5.73 Å². The Labute approximate surface area is 131 Å². The summed E-state index contributed by atoms with van der Waals surface area (Å²) < 4.78 is 33.0. The molecule has 0 aliphatic rings. The number of sulfonamides is 1. The van der Waals surface area contributed by atoms with E-state index in [0.29, 0.717) is 21.5 Å². The molecule has 0 aliphatic heterocycles. The van der Waals surface area contributed by atoms with Gasteiger partial charge in [0.05, 0.1) is 22.2 Å². The Kier molecular flexibility index (Phi) is 4.81. The lowest BCUT2D eigenvalue weighted by molar-refractivity contribution is 0.409. The van der Waals surface area contributed by atoms with Crippen LogP contribution >= 0.6 is 15.9 Å². The molecule has 2 rings (SSSR count). The van der Waals surface area contributed by atoms with Crippen molar-refractivity contribution in [1.82, 2.24) is 4.98 Å². The van der Waals surface area contributed by atoms with E-state index in [2.05, 4.69) is 25.6 Å². The number of hydrogen-bond donors (Lipinski definition) is 2. The van der Waals surface area contributed by atoms with E-state index in [-0.39, 0.29) is 11.4 Å². The highest BCUT2D eigenvalue weighted by molar-refractivity contribution is 9.10. The van der Waals surface area contributed by atoms with Crippen LogP contribution in [-0.2, 0) is 16.6 Å². The molecule has 6 nitrogen and oxygen atoms in total. The Bertz CT molecular complexity index is 750. The van der Waals surface area contributed by atoms with E-state index in [1.807, 2.05) is 0 Å². The van der Waals surface area contributed by atoms with Gasteiger partial charge in [-0.2, -0.15) is 0 Å². The molecule has 1 aromatic carbocycles. The van der Waals surface area contributed by atoms with E-state index >= 15 is 0 Å². The summed E-state index contributed by atoms with van der Waals surface area (Å²) in [6.07, 6.45) is 3.01. The van der Waals surface area contributed by atoms with E-state index in [4.69, 9.17) is 10.5 Å².